The second-order valence-electron chi connectivity index (χ2n) is 7.16. The summed E-state index contributed by atoms with van der Waals surface area (Å²) < 4.78 is 0. The first-order valence-electron chi connectivity index (χ1n) is 9.53. The fraction of sp³-hybridized carbons (Fsp3) is 0.381. The number of nitrogens with zero attached hydrogens (tertiary/aromatic N) is 4. The van der Waals surface area contributed by atoms with E-state index in [1.165, 1.54) is 5.69 Å². The Balaban J connectivity index is 1.42. The Morgan fingerprint density at radius 1 is 1.07 bits per heavy atom. The van der Waals surface area contributed by atoms with E-state index in [-0.39, 0.29) is 5.56 Å². The Morgan fingerprint density at radius 3 is 2.59 bits per heavy atom. The fourth-order valence-corrected chi connectivity index (χ4v) is 3.58. The smallest absolute Gasteiger partial charge is 0.251 e. The van der Waals surface area contributed by atoms with Crippen molar-refractivity contribution in [2.45, 2.75) is 26.8 Å². The molecule has 1 fully saturated rings. The van der Waals surface area contributed by atoms with Crippen molar-refractivity contribution < 1.29 is 0 Å². The molecule has 0 amide bonds. The molecule has 27 heavy (non-hydrogen) atoms. The highest BCUT2D eigenvalue weighted by atomic mass is 16.1. The van der Waals surface area contributed by atoms with Crippen LogP contribution in [-0.4, -0.2) is 46.0 Å². The third-order valence-corrected chi connectivity index (χ3v) is 5.26. The van der Waals surface area contributed by atoms with Gasteiger partial charge in [-0.05, 0) is 37.6 Å². The summed E-state index contributed by atoms with van der Waals surface area (Å²) in [6, 6.07) is 8.15. The van der Waals surface area contributed by atoms with Crippen LogP contribution in [0, 0.1) is 6.92 Å². The maximum absolute atomic E-state index is 12.1. The molecule has 1 N–H and O–H groups in total. The Labute approximate surface area is 158 Å². The summed E-state index contributed by atoms with van der Waals surface area (Å²) in [6.07, 6.45) is 4.55. The number of piperazine rings is 1. The third kappa shape index (κ3) is 3.85. The van der Waals surface area contributed by atoms with Crippen molar-refractivity contribution in [2.24, 2.45) is 0 Å². The van der Waals surface area contributed by atoms with E-state index in [4.69, 9.17) is 0 Å². The number of aryl methyl sites for hydroxylation is 2. The fourth-order valence-electron chi connectivity index (χ4n) is 3.58. The molecule has 1 aliphatic rings. The van der Waals surface area contributed by atoms with Crippen LogP contribution in [0.5, 0.6) is 0 Å². The first-order valence-corrected chi connectivity index (χ1v) is 9.53. The maximum atomic E-state index is 12.1. The summed E-state index contributed by atoms with van der Waals surface area (Å²) in [6.45, 7) is 8.73. The lowest BCUT2D eigenvalue weighted by molar-refractivity contribution is 0.247. The van der Waals surface area contributed by atoms with Gasteiger partial charge in [-0.3, -0.25) is 19.7 Å². The highest BCUT2D eigenvalue weighted by Gasteiger charge is 2.18. The molecule has 0 aromatic carbocycles. The topological polar surface area (TPSA) is 65.1 Å². The molecule has 140 valence electrons. The predicted molar refractivity (Wildman–Crippen MR) is 108 cm³/mol. The minimum atomic E-state index is 0.00229. The first-order chi connectivity index (χ1) is 13.1. The van der Waals surface area contributed by atoms with Crippen LogP contribution in [0.25, 0.3) is 10.9 Å². The van der Waals surface area contributed by atoms with Gasteiger partial charge >= 0.3 is 0 Å². The van der Waals surface area contributed by atoms with Crippen LogP contribution in [0.4, 0.5) is 5.69 Å². The second kappa shape index (κ2) is 7.48. The molecule has 6 nitrogen and oxygen atoms in total. The number of hydrogen-bond donors (Lipinski definition) is 1. The van der Waals surface area contributed by atoms with Gasteiger partial charge in [0.25, 0.3) is 5.56 Å². The summed E-state index contributed by atoms with van der Waals surface area (Å²) in [5.41, 5.74) is 4.90. The quantitative estimate of drug-likeness (QED) is 0.772. The lowest BCUT2D eigenvalue weighted by Gasteiger charge is -2.35. The number of rotatable bonds is 4. The molecule has 0 radical (unpaired) electrons. The Morgan fingerprint density at radius 2 is 1.89 bits per heavy atom. The molecular weight excluding hydrogens is 338 g/mol. The minimum Gasteiger partial charge on any atom is -0.368 e. The highest BCUT2D eigenvalue weighted by molar-refractivity contribution is 5.78. The number of pyridine rings is 3. The van der Waals surface area contributed by atoms with E-state index in [0.29, 0.717) is 0 Å². The van der Waals surface area contributed by atoms with Crippen LogP contribution in [0.15, 0.2) is 41.5 Å². The van der Waals surface area contributed by atoms with E-state index in [9.17, 15) is 4.79 Å². The number of fused-ring (bicyclic) bond motifs is 1. The molecule has 3 aromatic rings. The summed E-state index contributed by atoms with van der Waals surface area (Å²) >= 11 is 0. The molecule has 4 rings (SSSR count). The van der Waals surface area contributed by atoms with E-state index in [2.05, 4.69) is 36.9 Å². The number of H-pyrrole nitrogens is 1. The molecule has 0 saturated carbocycles. The van der Waals surface area contributed by atoms with Crippen LogP contribution in [-0.2, 0) is 13.0 Å². The van der Waals surface area contributed by atoms with Gasteiger partial charge in [0.15, 0.2) is 0 Å². The van der Waals surface area contributed by atoms with Crippen LogP contribution >= 0.6 is 0 Å². The van der Waals surface area contributed by atoms with Crippen molar-refractivity contribution in [2.75, 3.05) is 31.1 Å². The molecule has 1 saturated heterocycles. The summed E-state index contributed by atoms with van der Waals surface area (Å²) in [5, 5.41) is 0.992. The SMILES string of the molecule is CCc1cc2cnc(CN3CCN(c4ccc(C)nc4)CC3)cc2[nH]c1=O. The second-order valence-corrected chi connectivity index (χ2v) is 7.16. The number of aromatic nitrogens is 3. The van der Waals surface area contributed by atoms with Crippen molar-refractivity contribution in [1.29, 1.82) is 0 Å². The van der Waals surface area contributed by atoms with Gasteiger partial charge in [0.2, 0.25) is 0 Å². The van der Waals surface area contributed by atoms with Gasteiger partial charge in [-0.25, -0.2) is 0 Å². The molecule has 3 aromatic heterocycles. The van der Waals surface area contributed by atoms with Gasteiger partial charge in [-0.2, -0.15) is 0 Å². The van der Waals surface area contributed by atoms with Crippen molar-refractivity contribution in [3.05, 3.63) is 64.0 Å². The zero-order valence-electron chi connectivity index (χ0n) is 15.9. The molecule has 6 heteroatoms. The van der Waals surface area contributed by atoms with Crippen LogP contribution in [0.3, 0.4) is 0 Å². The molecule has 0 spiro atoms. The Bertz CT molecular complexity index is 988. The zero-order chi connectivity index (χ0) is 18.8. The largest absolute Gasteiger partial charge is 0.368 e. The average Bonchev–Trinajstić information content (AvgIpc) is 2.69. The molecular formula is C21H25N5O. The Hall–Kier alpha value is -2.73. The van der Waals surface area contributed by atoms with Crippen LogP contribution in [0.1, 0.15) is 23.9 Å². The third-order valence-electron chi connectivity index (χ3n) is 5.26. The van der Waals surface area contributed by atoms with Crippen molar-refractivity contribution in [3.8, 4) is 0 Å². The van der Waals surface area contributed by atoms with E-state index in [0.717, 1.165) is 67.0 Å². The average molecular weight is 363 g/mol. The molecule has 1 aliphatic heterocycles. The number of aromatic amines is 1. The lowest BCUT2D eigenvalue weighted by Crippen LogP contribution is -2.46. The minimum absolute atomic E-state index is 0.00229. The van der Waals surface area contributed by atoms with Crippen molar-refractivity contribution in [1.82, 2.24) is 19.9 Å². The van der Waals surface area contributed by atoms with Crippen molar-refractivity contribution >= 4 is 16.6 Å². The van der Waals surface area contributed by atoms with Crippen molar-refractivity contribution in [3.63, 3.8) is 0 Å². The van der Waals surface area contributed by atoms with Gasteiger partial charge in [-0.15, -0.1) is 0 Å². The highest BCUT2D eigenvalue weighted by Crippen LogP contribution is 2.17. The van der Waals surface area contributed by atoms with E-state index in [1.807, 2.05) is 38.4 Å². The van der Waals surface area contributed by atoms with Gasteiger partial charge < -0.3 is 9.88 Å². The molecule has 0 aliphatic carbocycles. The van der Waals surface area contributed by atoms with E-state index >= 15 is 0 Å². The van der Waals surface area contributed by atoms with Crippen LogP contribution < -0.4 is 10.5 Å². The number of nitrogens with one attached hydrogen (secondary N) is 1. The summed E-state index contributed by atoms with van der Waals surface area (Å²) in [4.78, 5) is 28.8. The maximum Gasteiger partial charge on any atom is 0.251 e. The first kappa shape index (κ1) is 17.7. The molecule has 4 heterocycles. The number of hydrogen-bond acceptors (Lipinski definition) is 5. The summed E-state index contributed by atoms with van der Waals surface area (Å²) in [5.74, 6) is 0. The predicted octanol–water partition coefficient (Wildman–Crippen LogP) is 2.51. The molecule has 0 bridgehead atoms. The summed E-state index contributed by atoms with van der Waals surface area (Å²) in [7, 11) is 0. The van der Waals surface area contributed by atoms with E-state index < -0.39 is 0 Å². The molecule has 0 atom stereocenters. The normalized spacial score (nSPS) is 15.4. The zero-order valence-corrected chi connectivity index (χ0v) is 15.9. The lowest BCUT2D eigenvalue weighted by atomic mass is 10.1. The molecule has 0 unspecified atom stereocenters. The standard InChI is InChI=1S/C21H25N5O/c1-3-16-10-17-12-23-18(11-20(17)24-21(16)27)14-25-6-8-26(9-7-25)19-5-4-15(2)22-13-19/h4-5,10-13H,3,6-9,14H2,1-2H3,(H,24,27). The van der Waals surface area contributed by atoms with E-state index in [1.54, 1.807) is 0 Å². The van der Waals surface area contributed by atoms with Gasteiger partial charge in [0.05, 0.1) is 23.1 Å². The van der Waals surface area contributed by atoms with Gasteiger partial charge in [0.1, 0.15) is 0 Å². The van der Waals surface area contributed by atoms with Gasteiger partial charge in [-0.1, -0.05) is 6.92 Å². The number of anilines is 1. The van der Waals surface area contributed by atoms with Gasteiger partial charge in [0, 0.05) is 55.6 Å². The monoisotopic (exact) mass is 363 g/mol. The Kier molecular flexibility index (Phi) is 4.90. The van der Waals surface area contributed by atoms with Crippen LogP contribution in [0.2, 0.25) is 0 Å².